The number of rotatable bonds is 3. The van der Waals surface area contributed by atoms with E-state index in [9.17, 15) is 4.79 Å². The maximum atomic E-state index is 11.2. The predicted octanol–water partition coefficient (Wildman–Crippen LogP) is 2.70. The van der Waals surface area contributed by atoms with E-state index in [1.165, 1.54) is 19.3 Å². The molecule has 0 aromatic rings. The molecule has 0 aromatic heterocycles. The molecule has 0 heterocycles. The molecule has 0 atom stereocenters. The van der Waals surface area contributed by atoms with Crippen LogP contribution in [0.5, 0.6) is 0 Å². The summed E-state index contributed by atoms with van der Waals surface area (Å²) >= 11 is 0. The fourth-order valence-electron chi connectivity index (χ4n) is 1.68. The van der Waals surface area contributed by atoms with Gasteiger partial charge in [-0.25, -0.2) is 0 Å². The van der Waals surface area contributed by atoms with Gasteiger partial charge in [-0.1, -0.05) is 19.3 Å². The van der Waals surface area contributed by atoms with Gasteiger partial charge in [-0.05, 0) is 33.6 Å². The van der Waals surface area contributed by atoms with Crippen molar-refractivity contribution in [1.29, 1.82) is 0 Å². The third-order valence-electron chi connectivity index (χ3n) is 2.86. The molecule has 13 heavy (non-hydrogen) atoms. The van der Waals surface area contributed by atoms with Crippen LogP contribution in [0.2, 0.25) is 0 Å². The molecule has 0 aromatic carbocycles. The van der Waals surface area contributed by atoms with Crippen molar-refractivity contribution in [3.63, 3.8) is 0 Å². The molecule has 0 unspecified atom stereocenters. The third kappa shape index (κ3) is 3.11. The van der Waals surface area contributed by atoms with Crippen LogP contribution in [0.15, 0.2) is 0 Å². The van der Waals surface area contributed by atoms with Crippen molar-refractivity contribution in [2.24, 2.45) is 0 Å². The van der Waals surface area contributed by atoms with Gasteiger partial charge in [-0.15, -0.1) is 0 Å². The van der Waals surface area contributed by atoms with Gasteiger partial charge in [-0.3, -0.25) is 4.79 Å². The summed E-state index contributed by atoms with van der Waals surface area (Å²) in [6, 6.07) is 0. The highest BCUT2D eigenvalue weighted by Crippen LogP contribution is 2.25. The Hall–Kier alpha value is -0.370. The Balaban J connectivity index is 2.41. The molecule has 0 amide bonds. The van der Waals surface area contributed by atoms with Crippen molar-refractivity contribution in [1.82, 2.24) is 0 Å². The lowest BCUT2D eigenvalue weighted by Gasteiger charge is -2.31. The molecule has 1 rings (SSSR count). The first kappa shape index (κ1) is 10.7. The molecule has 1 aliphatic carbocycles. The zero-order valence-electron chi connectivity index (χ0n) is 8.93. The first-order chi connectivity index (χ1) is 6.02. The van der Waals surface area contributed by atoms with Gasteiger partial charge in [0, 0.05) is 0 Å². The Morgan fingerprint density at radius 3 is 2.23 bits per heavy atom. The van der Waals surface area contributed by atoms with Crippen LogP contribution in [0.25, 0.3) is 0 Å². The average molecular weight is 184 g/mol. The molecule has 76 valence electrons. The summed E-state index contributed by atoms with van der Waals surface area (Å²) in [5.41, 5.74) is -0.581. The van der Waals surface area contributed by atoms with Gasteiger partial charge in [0.1, 0.15) is 5.60 Å². The first-order valence-electron chi connectivity index (χ1n) is 5.21. The molecule has 0 saturated heterocycles. The van der Waals surface area contributed by atoms with Gasteiger partial charge in [-0.2, -0.15) is 0 Å². The molecule has 0 aliphatic heterocycles. The van der Waals surface area contributed by atoms with E-state index in [1.54, 1.807) is 6.92 Å². The van der Waals surface area contributed by atoms with E-state index in [2.05, 4.69) is 0 Å². The quantitative estimate of drug-likeness (QED) is 0.674. The van der Waals surface area contributed by atoms with Crippen molar-refractivity contribution in [3.05, 3.63) is 0 Å². The highest BCUT2D eigenvalue weighted by atomic mass is 16.5. The summed E-state index contributed by atoms with van der Waals surface area (Å²) in [5.74, 6) is 0.123. The number of hydrogen-bond acceptors (Lipinski definition) is 2. The second-order valence-corrected chi connectivity index (χ2v) is 4.44. The van der Waals surface area contributed by atoms with Crippen molar-refractivity contribution < 1.29 is 9.53 Å². The van der Waals surface area contributed by atoms with Gasteiger partial charge in [0.2, 0.25) is 0 Å². The van der Waals surface area contributed by atoms with Gasteiger partial charge in [0.05, 0.1) is 6.10 Å². The van der Waals surface area contributed by atoms with Gasteiger partial charge < -0.3 is 4.74 Å². The summed E-state index contributed by atoms with van der Waals surface area (Å²) in [5, 5.41) is 0. The normalized spacial score (nSPS) is 20.2. The fourth-order valence-corrected chi connectivity index (χ4v) is 1.68. The lowest BCUT2D eigenvalue weighted by Crippen LogP contribution is -2.37. The van der Waals surface area contributed by atoms with E-state index in [0.29, 0.717) is 6.10 Å². The smallest absolute Gasteiger partial charge is 0.160 e. The Morgan fingerprint density at radius 2 is 1.77 bits per heavy atom. The lowest BCUT2D eigenvalue weighted by atomic mass is 9.96. The Bertz CT molecular complexity index is 179. The zero-order valence-corrected chi connectivity index (χ0v) is 8.93. The van der Waals surface area contributed by atoms with Crippen LogP contribution in [0.4, 0.5) is 0 Å². The zero-order chi connectivity index (χ0) is 9.90. The molecule has 0 bridgehead atoms. The monoisotopic (exact) mass is 184 g/mol. The number of hydrogen-bond donors (Lipinski definition) is 0. The summed E-state index contributed by atoms with van der Waals surface area (Å²) in [6.45, 7) is 5.33. The second kappa shape index (κ2) is 4.23. The maximum Gasteiger partial charge on any atom is 0.160 e. The molecule has 0 spiro atoms. The van der Waals surface area contributed by atoms with Crippen molar-refractivity contribution in [2.75, 3.05) is 0 Å². The molecule has 1 aliphatic rings. The first-order valence-corrected chi connectivity index (χ1v) is 5.21. The average Bonchev–Trinajstić information content (AvgIpc) is 2.05. The minimum Gasteiger partial charge on any atom is -0.365 e. The number of ketones is 1. The second-order valence-electron chi connectivity index (χ2n) is 4.44. The van der Waals surface area contributed by atoms with Crippen LogP contribution in [0.1, 0.15) is 52.9 Å². The molecular formula is C11H20O2. The Morgan fingerprint density at radius 1 is 1.23 bits per heavy atom. The van der Waals surface area contributed by atoms with Crippen molar-refractivity contribution in [3.8, 4) is 0 Å². The Labute approximate surface area is 80.7 Å². The van der Waals surface area contributed by atoms with E-state index < -0.39 is 5.60 Å². The number of Topliss-reactive ketones (excluding diaryl/α,β-unsaturated/α-hetero) is 1. The number of carbonyl (C=O) groups excluding carboxylic acids is 1. The van der Waals surface area contributed by atoms with Crippen LogP contribution in [0.3, 0.4) is 0 Å². The molecule has 0 N–H and O–H groups in total. The van der Waals surface area contributed by atoms with Gasteiger partial charge >= 0.3 is 0 Å². The number of carbonyl (C=O) groups is 1. The molecule has 0 radical (unpaired) electrons. The molecule has 2 heteroatoms. The molecule has 2 nitrogen and oxygen atoms in total. The van der Waals surface area contributed by atoms with Crippen LogP contribution < -0.4 is 0 Å². The van der Waals surface area contributed by atoms with E-state index in [-0.39, 0.29) is 5.78 Å². The van der Waals surface area contributed by atoms with Crippen molar-refractivity contribution in [2.45, 2.75) is 64.6 Å². The highest BCUT2D eigenvalue weighted by Gasteiger charge is 2.28. The van der Waals surface area contributed by atoms with Crippen LogP contribution in [-0.2, 0) is 9.53 Å². The van der Waals surface area contributed by atoms with E-state index >= 15 is 0 Å². The fraction of sp³-hybridized carbons (Fsp3) is 0.909. The van der Waals surface area contributed by atoms with Crippen LogP contribution >= 0.6 is 0 Å². The van der Waals surface area contributed by atoms with E-state index in [1.807, 2.05) is 13.8 Å². The largest absolute Gasteiger partial charge is 0.365 e. The summed E-state index contributed by atoms with van der Waals surface area (Å²) in [4.78, 5) is 11.2. The van der Waals surface area contributed by atoms with Crippen LogP contribution in [0, 0.1) is 0 Å². The SMILES string of the molecule is CC(=O)C(C)(C)OC1CCCCC1. The molecule has 1 fully saturated rings. The van der Waals surface area contributed by atoms with Crippen molar-refractivity contribution >= 4 is 5.78 Å². The highest BCUT2D eigenvalue weighted by molar-refractivity contribution is 5.83. The van der Waals surface area contributed by atoms with Gasteiger partial charge in [0.25, 0.3) is 0 Å². The van der Waals surface area contributed by atoms with E-state index in [4.69, 9.17) is 4.74 Å². The Kier molecular flexibility index (Phi) is 3.48. The summed E-state index contributed by atoms with van der Waals surface area (Å²) in [6.07, 6.45) is 6.37. The topological polar surface area (TPSA) is 26.3 Å². The maximum absolute atomic E-state index is 11.2. The standard InChI is InChI=1S/C11H20O2/c1-9(12)11(2,3)13-10-7-5-4-6-8-10/h10H,4-8H2,1-3H3. The summed E-state index contributed by atoms with van der Waals surface area (Å²) < 4.78 is 5.79. The molecular weight excluding hydrogens is 164 g/mol. The lowest BCUT2D eigenvalue weighted by molar-refractivity contribution is -0.147. The summed E-state index contributed by atoms with van der Waals surface area (Å²) in [7, 11) is 0. The third-order valence-corrected chi connectivity index (χ3v) is 2.86. The van der Waals surface area contributed by atoms with Gasteiger partial charge in [0.15, 0.2) is 5.78 Å². The number of ether oxygens (including phenoxy) is 1. The predicted molar refractivity (Wildman–Crippen MR) is 52.7 cm³/mol. The minimum atomic E-state index is -0.581. The molecule has 1 saturated carbocycles. The van der Waals surface area contributed by atoms with E-state index in [0.717, 1.165) is 12.8 Å². The van der Waals surface area contributed by atoms with Crippen LogP contribution in [-0.4, -0.2) is 17.5 Å². The minimum absolute atomic E-state index is 0.123.